The van der Waals surface area contributed by atoms with Crippen LogP contribution in [0.1, 0.15) is 12.8 Å². The molecular formula is C12H24N4O2S. The fraction of sp³-hybridized carbons (Fsp3) is 0.750. The van der Waals surface area contributed by atoms with Gasteiger partial charge in [0.05, 0.1) is 5.75 Å². The molecule has 1 aromatic rings. The highest BCUT2D eigenvalue weighted by molar-refractivity contribution is 7.89. The Morgan fingerprint density at radius 1 is 1.16 bits per heavy atom. The molecule has 0 atom stereocenters. The number of aromatic nitrogens is 2. The zero-order valence-electron chi connectivity index (χ0n) is 12.0. The Labute approximate surface area is 116 Å². The number of rotatable bonds is 9. The third-order valence-corrected chi connectivity index (χ3v) is 4.90. The topological polar surface area (TPSA) is 58.4 Å². The van der Waals surface area contributed by atoms with E-state index in [-0.39, 0.29) is 5.75 Å². The summed E-state index contributed by atoms with van der Waals surface area (Å²) in [6.45, 7) is 2.64. The minimum Gasteiger partial charge on any atom is -0.306 e. The zero-order chi connectivity index (χ0) is 14.3. The highest BCUT2D eigenvalue weighted by Gasteiger charge is 2.13. The predicted molar refractivity (Wildman–Crippen MR) is 76.4 cm³/mol. The maximum Gasteiger partial charge on any atom is 0.213 e. The number of nitrogens with zero attached hydrogens (tertiary/aromatic N) is 4. The Morgan fingerprint density at radius 2 is 1.84 bits per heavy atom. The van der Waals surface area contributed by atoms with Gasteiger partial charge in [0.15, 0.2) is 0 Å². The van der Waals surface area contributed by atoms with Gasteiger partial charge in [-0.2, -0.15) is 5.10 Å². The molecule has 0 aliphatic heterocycles. The second-order valence-electron chi connectivity index (χ2n) is 4.88. The van der Waals surface area contributed by atoms with Crippen molar-refractivity contribution in [3.8, 4) is 0 Å². The van der Waals surface area contributed by atoms with Gasteiger partial charge in [0, 0.05) is 33.0 Å². The van der Waals surface area contributed by atoms with Gasteiger partial charge in [0.2, 0.25) is 10.0 Å². The molecule has 0 aromatic carbocycles. The second kappa shape index (κ2) is 7.62. The van der Waals surface area contributed by atoms with E-state index in [9.17, 15) is 8.42 Å². The lowest BCUT2D eigenvalue weighted by Gasteiger charge is -2.17. The predicted octanol–water partition coefficient (Wildman–Crippen LogP) is 0.487. The monoisotopic (exact) mass is 288 g/mol. The van der Waals surface area contributed by atoms with Crippen LogP contribution in [0.15, 0.2) is 18.5 Å². The molecule has 1 aromatic heterocycles. The molecule has 0 fully saturated rings. The van der Waals surface area contributed by atoms with E-state index in [2.05, 4.69) is 10.00 Å². The Kier molecular flexibility index (Phi) is 6.47. The lowest BCUT2D eigenvalue weighted by Crippen LogP contribution is -2.28. The summed E-state index contributed by atoms with van der Waals surface area (Å²) in [5.41, 5.74) is 0. The molecule has 0 aliphatic rings. The van der Waals surface area contributed by atoms with E-state index < -0.39 is 10.0 Å². The van der Waals surface area contributed by atoms with E-state index in [1.807, 2.05) is 24.0 Å². The Hall–Kier alpha value is -0.920. The third kappa shape index (κ3) is 6.17. The summed E-state index contributed by atoms with van der Waals surface area (Å²) < 4.78 is 26.3. The zero-order valence-corrected chi connectivity index (χ0v) is 12.8. The molecule has 110 valence electrons. The number of sulfonamides is 1. The summed E-state index contributed by atoms with van der Waals surface area (Å²) in [5, 5.41) is 4.14. The Bertz CT molecular complexity index is 442. The molecule has 0 amide bonds. The second-order valence-corrected chi connectivity index (χ2v) is 7.18. The van der Waals surface area contributed by atoms with Gasteiger partial charge in [-0.1, -0.05) is 0 Å². The van der Waals surface area contributed by atoms with E-state index in [1.165, 1.54) is 4.31 Å². The third-order valence-electron chi connectivity index (χ3n) is 2.98. The van der Waals surface area contributed by atoms with Crippen LogP contribution in [-0.4, -0.2) is 67.4 Å². The lowest BCUT2D eigenvalue weighted by molar-refractivity contribution is 0.319. The summed E-state index contributed by atoms with van der Waals surface area (Å²) in [5.74, 6) is 0.212. The fourth-order valence-corrected chi connectivity index (χ4v) is 2.61. The first-order valence-electron chi connectivity index (χ1n) is 6.48. The number of hydrogen-bond donors (Lipinski definition) is 0. The van der Waals surface area contributed by atoms with E-state index in [0.717, 1.165) is 26.1 Å². The molecule has 1 rings (SSSR count). The summed E-state index contributed by atoms with van der Waals surface area (Å²) in [7, 11) is 2.11. The summed E-state index contributed by atoms with van der Waals surface area (Å²) in [6, 6.07) is 1.91. The molecule has 7 heteroatoms. The fourth-order valence-electron chi connectivity index (χ4n) is 1.75. The SMILES string of the molecule is CN(CCCn1cccn1)CCCS(=O)(=O)N(C)C. The number of hydrogen-bond acceptors (Lipinski definition) is 4. The molecule has 0 saturated carbocycles. The molecule has 0 bridgehead atoms. The van der Waals surface area contributed by atoms with E-state index >= 15 is 0 Å². The van der Waals surface area contributed by atoms with Crippen molar-refractivity contribution in [2.24, 2.45) is 0 Å². The first-order chi connectivity index (χ1) is 8.92. The molecule has 0 unspecified atom stereocenters. The van der Waals surface area contributed by atoms with Crippen LogP contribution in [-0.2, 0) is 16.6 Å². The van der Waals surface area contributed by atoms with Gasteiger partial charge < -0.3 is 4.90 Å². The molecule has 6 nitrogen and oxygen atoms in total. The van der Waals surface area contributed by atoms with Crippen molar-refractivity contribution in [1.29, 1.82) is 0 Å². The average molecular weight is 288 g/mol. The molecule has 19 heavy (non-hydrogen) atoms. The van der Waals surface area contributed by atoms with Crippen LogP contribution in [0.3, 0.4) is 0 Å². The van der Waals surface area contributed by atoms with Gasteiger partial charge in [0.25, 0.3) is 0 Å². The van der Waals surface area contributed by atoms with Gasteiger partial charge in [-0.3, -0.25) is 4.68 Å². The van der Waals surface area contributed by atoms with Crippen molar-refractivity contribution in [2.75, 3.05) is 40.0 Å². The van der Waals surface area contributed by atoms with Crippen molar-refractivity contribution < 1.29 is 8.42 Å². The average Bonchev–Trinajstić information content (AvgIpc) is 2.81. The first kappa shape index (κ1) is 16.1. The maximum absolute atomic E-state index is 11.6. The summed E-state index contributed by atoms with van der Waals surface area (Å²) in [4.78, 5) is 2.16. The van der Waals surface area contributed by atoms with Crippen LogP contribution in [0, 0.1) is 0 Å². The van der Waals surface area contributed by atoms with Gasteiger partial charge in [-0.25, -0.2) is 12.7 Å². The molecule has 0 aliphatic carbocycles. The van der Waals surface area contributed by atoms with Crippen LogP contribution in [0.4, 0.5) is 0 Å². The molecule has 0 spiro atoms. The van der Waals surface area contributed by atoms with Gasteiger partial charge in [-0.15, -0.1) is 0 Å². The quantitative estimate of drug-likeness (QED) is 0.663. The molecule has 0 radical (unpaired) electrons. The van der Waals surface area contributed by atoms with Crippen molar-refractivity contribution in [1.82, 2.24) is 19.0 Å². The minimum absolute atomic E-state index is 0.212. The van der Waals surface area contributed by atoms with Gasteiger partial charge in [0.1, 0.15) is 0 Å². The standard InChI is InChI=1S/C12H24N4O2S/c1-14(2)19(17,18)12-6-9-15(3)8-5-11-16-10-4-7-13-16/h4,7,10H,5-6,8-9,11-12H2,1-3H3. The largest absolute Gasteiger partial charge is 0.306 e. The van der Waals surface area contributed by atoms with E-state index in [1.54, 1.807) is 20.3 Å². The van der Waals surface area contributed by atoms with E-state index in [0.29, 0.717) is 6.42 Å². The van der Waals surface area contributed by atoms with Crippen LogP contribution in [0.5, 0.6) is 0 Å². The number of aryl methyl sites for hydroxylation is 1. The maximum atomic E-state index is 11.6. The Balaban J connectivity index is 2.13. The molecular weight excluding hydrogens is 264 g/mol. The summed E-state index contributed by atoms with van der Waals surface area (Å²) in [6.07, 6.45) is 5.40. The van der Waals surface area contributed by atoms with Crippen LogP contribution in [0.2, 0.25) is 0 Å². The van der Waals surface area contributed by atoms with Gasteiger partial charge >= 0.3 is 0 Å². The molecule has 0 N–H and O–H groups in total. The normalized spacial score (nSPS) is 12.5. The van der Waals surface area contributed by atoms with Crippen LogP contribution >= 0.6 is 0 Å². The highest BCUT2D eigenvalue weighted by atomic mass is 32.2. The van der Waals surface area contributed by atoms with Crippen molar-refractivity contribution >= 4 is 10.0 Å². The molecule has 0 saturated heterocycles. The van der Waals surface area contributed by atoms with Crippen molar-refractivity contribution in [3.05, 3.63) is 18.5 Å². The van der Waals surface area contributed by atoms with Crippen LogP contribution < -0.4 is 0 Å². The molecule has 1 heterocycles. The highest BCUT2D eigenvalue weighted by Crippen LogP contribution is 1.99. The minimum atomic E-state index is -3.06. The van der Waals surface area contributed by atoms with Gasteiger partial charge in [-0.05, 0) is 39.0 Å². The van der Waals surface area contributed by atoms with Crippen molar-refractivity contribution in [3.63, 3.8) is 0 Å². The van der Waals surface area contributed by atoms with E-state index in [4.69, 9.17) is 0 Å². The lowest BCUT2D eigenvalue weighted by atomic mass is 10.3. The first-order valence-corrected chi connectivity index (χ1v) is 8.09. The smallest absolute Gasteiger partial charge is 0.213 e. The Morgan fingerprint density at radius 3 is 2.42 bits per heavy atom. The van der Waals surface area contributed by atoms with Crippen LogP contribution in [0.25, 0.3) is 0 Å². The summed E-state index contributed by atoms with van der Waals surface area (Å²) >= 11 is 0. The van der Waals surface area contributed by atoms with Crippen molar-refractivity contribution in [2.45, 2.75) is 19.4 Å².